The molecule has 3 rings (SSSR count). The Morgan fingerprint density at radius 2 is 1.91 bits per heavy atom. The zero-order valence-electron chi connectivity index (χ0n) is 13.2. The SMILES string of the molecule is CCC(C)[C@@H]1N=C(c2ccccc2)c2cccc(Cl)c2NC1=O. The van der Waals surface area contributed by atoms with E-state index in [4.69, 9.17) is 16.6 Å². The molecule has 2 aromatic carbocycles. The molecule has 2 aromatic rings. The number of anilines is 1. The molecule has 0 fully saturated rings. The number of hydrogen-bond donors (Lipinski definition) is 1. The minimum Gasteiger partial charge on any atom is -0.322 e. The van der Waals surface area contributed by atoms with E-state index in [1.54, 1.807) is 6.07 Å². The van der Waals surface area contributed by atoms with Crippen LogP contribution in [0.5, 0.6) is 0 Å². The van der Waals surface area contributed by atoms with E-state index in [9.17, 15) is 4.79 Å². The number of halogens is 1. The highest BCUT2D eigenvalue weighted by atomic mass is 35.5. The van der Waals surface area contributed by atoms with Gasteiger partial charge in [0.2, 0.25) is 5.91 Å². The van der Waals surface area contributed by atoms with Crippen molar-refractivity contribution < 1.29 is 4.79 Å². The van der Waals surface area contributed by atoms with E-state index in [0.717, 1.165) is 23.3 Å². The number of aliphatic imine (C=N–C) groups is 1. The highest BCUT2D eigenvalue weighted by molar-refractivity contribution is 6.36. The van der Waals surface area contributed by atoms with E-state index >= 15 is 0 Å². The third-order valence-corrected chi connectivity index (χ3v) is 4.60. The second-order valence-electron chi connectivity index (χ2n) is 5.83. The summed E-state index contributed by atoms with van der Waals surface area (Å²) in [6.45, 7) is 4.12. The fourth-order valence-corrected chi connectivity index (χ4v) is 2.97. The number of rotatable bonds is 3. The predicted octanol–water partition coefficient (Wildman–Crippen LogP) is 4.54. The Balaban J connectivity index is 2.22. The third-order valence-electron chi connectivity index (χ3n) is 4.28. The summed E-state index contributed by atoms with van der Waals surface area (Å²) in [7, 11) is 0. The van der Waals surface area contributed by atoms with Crippen LogP contribution in [0.3, 0.4) is 0 Å². The fourth-order valence-electron chi connectivity index (χ4n) is 2.75. The topological polar surface area (TPSA) is 41.5 Å². The molecule has 4 heteroatoms. The number of benzodiazepines with no additional fused rings is 1. The molecular weight excluding hydrogens is 308 g/mol. The summed E-state index contributed by atoms with van der Waals surface area (Å²) in [5.41, 5.74) is 3.31. The van der Waals surface area contributed by atoms with Crippen molar-refractivity contribution in [2.75, 3.05) is 5.32 Å². The van der Waals surface area contributed by atoms with E-state index in [2.05, 4.69) is 12.2 Å². The summed E-state index contributed by atoms with van der Waals surface area (Å²) in [4.78, 5) is 17.5. The fraction of sp³-hybridized carbons (Fsp3) is 0.263. The van der Waals surface area contributed by atoms with Crippen LogP contribution in [-0.4, -0.2) is 17.7 Å². The molecular formula is C19H19ClN2O. The highest BCUT2D eigenvalue weighted by Crippen LogP contribution is 2.32. The largest absolute Gasteiger partial charge is 0.322 e. The summed E-state index contributed by atoms with van der Waals surface area (Å²) in [6, 6.07) is 15.1. The molecule has 0 aromatic heterocycles. The molecule has 0 spiro atoms. The van der Waals surface area contributed by atoms with Gasteiger partial charge in [-0.15, -0.1) is 0 Å². The Bertz CT molecular complexity index is 755. The first-order valence-electron chi connectivity index (χ1n) is 7.84. The van der Waals surface area contributed by atoms with Crippen LogP contribution in [-0.2, 0) is 4.79 Å². The normalized spacial score (nSPS) is 18.5. The number of amides is 1. The standard InChI is InChI=1S/C19H19ClN2O/c1-3-12(2)16-19(23)22-18-14(10-7-11-15(18)20)17(21-16)13-8-5-4-6-9-13/h4-12,16H,3H2,1-2H3,(H,22,23)/t12?,16-/m0/s1. The number of nitrogens with zero attached hydrogens (tertiary/aromatic N) is 1. The first-order valence-corrected chi connectivity index (χ1v) is 8.22. The Hall–Kier alpha value is -2.13. The van der Waals surface area contributed by atoms with Crippen molar-refractivity contribution in [1.82, 2.24) is 0 Å². The minimum absolute atomic E-state index is 0.0976. The third kappa shape index (κ3) is 3.02. The first kappa shape index (κ1) is 15.8. The van der Waals surface area contributed by atoms with Gasteiger partial charge in [-0.05, 0) is 12.0 Å². The number of carbonyl (C=O) groups is 1. The van der Waals surface area contributed by atoms with Crippen LogP contribution in [0.1, 0.15) is 31.4 Å². The summed E-state index contributed by atoms with van der Waals surface area (Å²) in [5, 5.41) is 3.50. The van der Waals surface area contributed by atoms with E-state index in [-0.39, 0.29) is 11.8 Å². The second-order valence-corrected chi connectivity index (χ2v) is 6.23. The quantitative estimate of drug-likeness (QED) is 0.883. The molecule has 0 bridgehead atoms. The van der Waals surface area contributed by atoms with E-state index in [0.29, 0.717) is 10.7 Å². The molecule has 3 nitrogen and oxygen atoms in total. The number of hydrogen-bond acceptors (Lipinski definition) is 2. The van der Waals surface area contributed by atoms with Crippen LogP contribution >= 0.6 is 11.6 Å². The second kappa shape index (κ2) is 6.55. The van der Waals surface area contributed by atoms with Crippen LogP contribution < -0.4 is 5.32 Å². The van der Waals surface area contributed by atoms with Crippen molar-refractivity contribution in [3.63, 3.8) is 0 Å². The predicted molar refractivity (Wildman–Crippen MR) is 95.4 cm³/mol. The van der Waals surface area contributed by atoms with E-state index in [1.165, 1.54) is 0 Å². The average Bonchev–Trinajstić information content (AvgIpc) is 2.72. The molecule has 2 atom stereocenters. The van der Waals surface area contributed by atoms with Gasteiger partial charge in [0, 0.05) is 11.1 Å². The summed E-state index contributed by atoms with van der Waals surface area (Å²) < 4.78 is 0. The van der Waals surface area contributed by atoms with Crippen LogP contribution in [0.25, 0.3) is 0 Å². The maximum atomic E-state index is 12.6. The maximum absolute atomic E-state index is 12.6. The lowest BCUT2D eigenvalue weighted by atomic mass is 9.98. The van der Waals surface area contributed by atoms with Crippen LogP contribution in [0.15, 0.2) is 53.5 Å². The summed E-state index contributed by atoms with van der Waals surface area (Å²) >= 11 is 6.32. The van der Waals surface area contributed by atoms with Gasteiger partial charge in [0.05, 0.1) is 16.4 Å². The lowest BCUT2D eigenvalue weighted by molar-refractivity contribution is -0.118. The monoisotopic (exact) mass is 326 g/mol. The molecule has 1 aliphatic rings. The van der Waals surface area contributed by atoms with Gasteiger partial charge in [-0.3, -0.25) is 9.79 Å². The van der Waals surface area contributed by atoms with Gasteiger partial charge in [-0.2, -0.15) is 0 Å². The Morgan fingerprint density at radius 1 is 1.17 bits per heavy atom. The Kier molecular flexibility index (Phi) is 4.49. The highest BCUT2D eigenvalue weighted by Gasteiger charge is 2.29. The van der Waals surface area contributed by atoms with Crippen molar-refractivity contribution in [1.29, 1.82) is 0 Å². The number of para-hydroxylation sites is 1. The van der Waals surface area contributed by atoms with Gasteiger partial charge in [0.1, 0.15) is 6.04 Å². The van der Waals surface area contributed by atoms with Crippen molar-refractivity contribution in [3.05, 3.63) is 64.7 Å². The smallest absolute Gasteiger partial charge is 0.249 e. The molecule has 0 aliphatic carbocycles. The van der Waals surface area contributed by atoms with Crippen molar-refractivity contribution in [2.45, 2.75) is 26.3 Å². The first-order chi connectivity index (χ1) is 11.1. The molecule has 23 heavy (non-hydrogen) atoms. The van der Waals surface area contributed by atoms with Gasteiger partial charge in [-0.1, -0.05) is 74.3 Å². The van der Waals surface area contributed by atoms with Crippen molar-refractivity contribution >= 4 is 28.9 Å². The Morgan fingerprint density at radius 3 is 2.61 bits per heavy atom. The van der Waals surface area contributed by atoms with Crippen LogP contribution in [0.2, 0.25) is 5.02 Å². The van der Waals surface area contributed by atoms with E-state index in [1.807, 2.05) is 49.4 Å². The molecule has 1 heterocycles. The van der Waals surface area contributed by atoms with Crippen molar-refractivity contribution in [3.8, 4) is 0 Å². The molecule has 1 unspecified atom stereocenters. The van der Waals surface area contributed by atoms with Crippen LogP contribution in [0.4, 0.5) is 5.69 Å². The van der Waals surface area contributed by atoms with Gasteiger partial charge in [-0.25, -0.2) is 0 Å². The zero-order valence-corrected chi connectivity index (χ0v) is 14.0. The van der Waals surface area contributed by atoms with Gasteiger partial charge in [0.25, 0.3) is 0 Å². The van der Waals surface area contributed by atoms with Crippen molar-refractivity contribution in [2.24, 2.45) is 10.9 Å². The lowest BCUT2D eigenvalue weighted by Crippen LogP contribution is -2.31. The van der Waals surface area contributed by atoms with E-state index < -0.39 is 6.04 Å². The lowest BCUT2D eigenvalue weighted by Gasteiger charge is -2.17. The number of nitrogens with one attached hydrogen (secondary N) is 1. The molecule has 1 N–H and O–H groups in total. The average molecular weight is 327 g/mol. The molecule has 1 amide bonds. The molecule has 0 saturated heterocycles. The number of benzene rings is 2. The minimum atomic E-state index is -0.418. The number of fused-ring (bicyclic) bond motifs is 1. The Labute approximate surface area is 141 Å². The van der Waals surface area contributed by atoms with Crippen LogP contribution in [0, 0.1) is 5.92 Å². The summed E-state index contributed by atoms with van der Waals surface area (Å²) in [6.07, 6.45) is 0.883. The molecule has 0 radical (unpaired) electrons. The molecule has 1 aliphatic heterocycles. The van der Waals surface area contributed by atoms with Gasteiger partial charge < -0.3 is 5.32 Å². The molecule has 0 saturated carbocycles. The molecule has 118 valence electrons. The maximum Gasteiger partial charge on any atom is 0.249 e. The number of carbonyl (C=O) groups excluding carboxylic acids is 1. The van der Waals surface area contributed by atoms with Gasteiger partial charge in [0.15, 0.2) is 0 Å². The summed E-state index contributed by atoms with van der Waals surface area (Å²) in [5.74, 6) is 0.0569. The zero-order chi connectivity index (χ0) is 16.4. The van der Waals surface area contributed by atoms with Gasteiger partial charge >= 0.3 is 0 Å².